The van der Waals surface area contributed by atoms with E-state index in [1.165, 1.54) is 7.05 Å². The number of nitrogens with one attached hydrogen (secondary N) is 1. The second kappa shape index (κ2) is 9.44. The van der Waals surface area contributed by atoms with Crippen molar-refractivity contribution in [3.8, 4) is 16.9 Å². The van der Waals surface area contributed by atoms with Crippen LogP contribution in [0, 0.1) is 5.92 Å². The number of halogens is 1. The molecule has 0 atom stereocenters. The van der Waals surface area contributed by atoms with Gasteiger partial charge in [-0.2, -0.15) is 0 Å². The quantitative estimate of drug-likeness (QED) is 0.580. The summed E-state index contributed by atoms with van der Waals surface area (Å²) in [6.07, 6.45) is 0.307. The van der Waals surface area contributed by atoms with Gasteiger partial charge in [0.1, 0.15) is 12.4 Å². The molecule has 0 aliphatic carbocycles. The van der Waals surface area contributed by atoms with E-state index in [2.05, 4.69) is 9.97 Å². The molecule has 1 fully saturated rings. The van der Waals surface area contributed by atoms with E-state index in [1.54, 1.807) is 4.90 Å². The minimum Gasteiger partial charge on any atom is -0.491 e. The molecule has 0 saturated carbocycles. The summed E-state index contributed by atoms with van der Waals surface area (Å²) >= 11 is 0. The Morgan fingerprint density at radius 1 is 1.14 bits per heavy atom. The maximum Gasteiger partial charge on any atom is 0.413 e. The summed E-state index contributed by atoms with van der Waals surface area (Å²) in [5, 5.41) is 9.20. The predicted molar refractivity (Wildman–Crippen MR) is 130 cm³/mol. The standard InChI is InChI=1S/C25H28FN5O4/c1-29(25(33)34)23-27-20-4-2-18(13-21(20)28-23)17-3-5-22-19(12-17)15-31(10-11-35-22)24(32)30-8-6-16(14-26)7-9-30/h2-5,12-13,16H,6-11,14-15H2,1H3,(H,27,28)(H,33,34). The summed E-state index contributed by atoms with van der Waals surface area (Å²) in [5.74, 6) is 1.07. The number of hydrogen-bond acceptors (Lipinski definition) is 4. The van der Waals surface area contributed by atoms with Gasteiger partial charge in [-0.15, -0.1) is 0 Å². The Kier molecular flexibility index (Phi) is 6.19. The Hall–Kier alpha value is -3.82. The molecule has 5 rings (SSSR count). The second-order valence-electron chi connectivity index (χ2n) is 9.09. The number of nitrogens with zero attached hydrogens (tertiary/aromatic N) is 4. The number of ether oxygens (including phenoxy) is 1. The fourth-order valence-corrected chi connectivity index (χ4v) is 4.64. The number of H-pyrrole nitrogens is 1. The van der Waals surface area contributed by atoms with Gasteiger partial charge in [0.25, 0.3) is 0 Å². The summed E-state index contributed by atoms with van der Waals surface area (Å²) in [7, 11) is 1.43. The number of carbonyl (C=O) groups excluding carboxylic acids is 1. The lowest BCUT2D eigenvalue weighted by Crippen LogP contribution is -2.47. The SMILES string of the molecule is CN(C(=O)O)c1nc2ccc(-c3ccc4c(c3)CN(C(=O)N3CCC(CF)CC3)CCO4)cc2[nH]1. The number of likely N-dealkylation sites (tertiary alicyclic amines) is 1. The molecule has 3 aromatic rings. The van der Waals surface area contributed by atoms with E-state index in [0.717, 1.165) is 32.9 Å². The summed E-state index contributed by atoms with van der Waals surface area (Å²) in [4.78, 5) is 36.4. The number of rotatable bonds is 3. The minimum absolute atomic E-state index is 0.0295. The van der Waals surface area contributed by atoms with Crippen LogP contribution in [0.5, 0.6) is 5.75 Å². The number of piperidine rings is 1. The number of aromatic amines is 1. The number of carbonyl (C=O) groups is 2. The maximum atomic E-state index is 13.2. The van der Waals surface area contributed by atoms with Gasteiger partial charge in [-0.1, -0.05) is 12.1 Å². The number of aromatic nitrogens is 2. The normalized spacial score (nSPS) is 16.5. The number of hydrogen-bond donors (Lipinski definition) is 2. The van der Waals surface area contributed by atoms with E-state index in [1.807, 2.05) is 41.3 Å². The molecule has 2 aromatic carbocycles. The van der Waals surface area contributed by atoms with Crippen LogP contribution in [-0.2, 0) is 6.54 Å². The molecule has 1 saturated heterocycles. The average molecular weight is 482 g/mol. The highest BCUT2D eigenvalue weighted by Crippen LogP contribution is 2.31. The lowest BCUT2D eigenvalue weighted by molar-refractivity contribution is 0.122. The van der Waals surface area contributed by atoms with Gasteiger partial charge in [-0.3, -0.25) is 9.29 Å². The van der Waals surface area contributed by atoms with Crippen molar-refractivity contribution < 1.29 is 23.8 Å². The molecule has 0 spiro atoms. The lowest BCUT2D eigenvalue weighted by Gasteiger charge is -2.34. The van der Waals surface area contributed by atoms with Crippen LogP contribution in [0.3, 0.4) is 0 Å². The molecule has 2 N–H and O–H groups in total. The fraction of sp³-hybridized carbons (Fsp3) is 0.400. The number of alkyl halides is 1. The van der Waals surface area contributed by atoms with Crippen molar-refractivity contribution in [3.63, 3.8) is 0 Å². The molecule has 3 amide bonds. The van der Waals surface area contributed by atoms with E-state index < -0.39 is 6.09 Å². The van der Waals surface area contributed by atoms with Crippen molar-refractivity contribution >= 4 is 29.1 Å². The smallest absolute Gasteiger partial charge is 0.413 e. The molecule has 2 aliphatic heterocycles. The minimum atomic E-state index is -1.10. The molecule has 10 heteroatoms. The Morgan fingerprint density at radius 2 is 1.89 bits per heavy atom. The average Bonchev–Trinajstić information content (AvgIpc) is 3.19. The number of benzene rings is 2. The van der Waals surface area contributed by atoms with E-state index in [0.29, 0.717) is 51.1 Å². The summed E-state index contributed by atoms with van der Waals surface area (Å²) in [5.41, 5.74) is 4.20. The van der Waals surface area contributed by atoms with Crippen LogP contribution in [-0.4, -0.2) is 77.0 Å². The molecule has 2 aliphatic rings. The second-order valence-corrected chi connectivity index (χ2v) is 9.09. The van der Waals surface area contributed by atoms with Crippen LogP contribution in [0.15, 0.2) is 36.4 Å². The predicted octanol–water partition coefficient (Wildman–Crippen LogP) is 4.34. The van der Waals surface area contributed by atoms with Crippen LogP contribution < -0.4 is 9.64 Å². The Bertz CT molecular complexity index is 1250. The number of anilines is 1. The Balaban J connectivity index is 1.37. The van der Waals surface area contributed by atoms with Crippen LogP contribution in [0.1, 0.15) is 18.4 Å². The Morgan fingerprint density at radius 3 is 2.63 bits per heavy atom. The van der Waals surface area contributed by atoms with Crippen molar-refractivity contribution in [1.82, 2.24) is 19.8 Å². The van der Waals surface area contributed by atoms with E-state index in [9.17, 15) is 19.1 Å². The van der Waals surface area contributed by atoms with Gasteiger partial charge in [0.05, 0.1) is 30.8 Å². The zero-order valence-corrected chi connectivity index (χ0v) is 19.5. The van der Waals surface area contributed by atoms with Crippen molar-refractivity contribution in [2.75, 3.05) is 44.9 Å². The third-order valence-corrected chi connectivity index (χ3v) is 6.82. The van der Waals surface area contributed by atoms with Crippen LogP contribution in [0.25, 0.3) is 22.2 Å². The molecule has 0 unspecified atom stereocenters. The van der Waals surface area contributed by atoms with Gasteiger partial charge in [-0.05, 0) is 54.2 Å². The van der Waals surface area contributed by atoms with Crippen molar-refractivity contribution in [2.24, 2.45) is 5.92 Å². The van der Waals surface area contributed by atoms with Crippen molar-refractivity contribution in [3.05, 3.63) is 42.0 Å². The van der Waals surface area contributed by atoms with Crippen molar-refractivity contribution in [2.45, 2.75) is 19.4 Å². The number of carboxylic acid groups (broad SMARTS) is 1. The molecule has 184 valence electrons. The van der Waals surface area contributed by atoms with Crippen LogP contribution >= 0.6 is 0 Å². The van der Waals surface area contributed by atoms with Gasteiger partial charge in [0.2, 0.25) is 5.95 Å². The highest BCUT2D eigenvalue weighted by atomic mass is 19.1. The highest BCUT2D eigenvalue weighted by molar-refractivity contribution is 5.88. The molecular formula is C25H28FN5O4. The monoisotopic (exact) mass is 481 g/mol. The molecule has 0 radical (unpaired) electrons. The first-order valence-corrected chi connectivity index (χ1v) is 11.8. The topological polar surface area (TPSA) is 102 Å². The van der Waals surface area contributed by atoms with Gasteiger partial charge in [0.15, 0.2) is 0 Å². The molecular weight excluding hydrogens is 453 g/mol. The van der Waals surface area contributed by atoms with E-state index in [4.69, 9.17) is 4.74 Å². The molecule has 9 nitrogen and oxygen atoms in total. The molecule has 0 bridgehead atoms. The largest absolute Gasteiger partial charge is 0.491 e. The van der Waals surface area contributed by atoms with Gasteiger partial charge >= 0.3 is 12.1 Å². The van der Waals surface area contributed by atoms with Gasteiger partial charge in [-0.25, -0.2) is 14.6 Å². The Labute approximate surface area is 202 Å². The van der Waals surface area contributed by atoms with Crippen LogP contribution in [0.4, 0.5) is 19.9 Å². The number of urea groups is 1. The third kappa shape index (κ3) is 4.60. The number of amides is 3. The number of fused-ring (bicyclic) bond motifs is 2. The summed E-state index contributed by atoms with van der Waals surface area (Å²) < 4.78 is 18.9. The first kappa shape index (κ1) is 22.9. The van der Waals surface area contributed by atoms with Gasteiger partial charge in [0, 0.05) is 25.7 Å². The number of imidazole rings is 1. The van der Waals surface area contributed by atoms with Gasteiger partial charge < -0.3 is 24.6 Å². The first-order chi connectivity index (χ1) is 16.9. The van der Waals surface area contributed by atoms with E-state index in [-0.39, 0.29) is 24.6 Å². The summed E-state index contributed by atoms with van der Waals surface area (Å²) in [6.45, 7) is 2.19. The summed E-state index contributed by atoms with van der Waals surface area (Å²) in [6, 6.07) is 11.6. The maximum absolute atomic E-state index is 13.2. The lowest BCUT2D eigenvalue weighted by atomic mass is 9.98. The molecule has 35 heavy (non-hydrogen) atoms. The highest BCUT2D eigenvalue weighted by Gasteiger charge is 2.28. The van der Waals surface area contributed by atoms with Crippen LogP contribution in [0.2, 0.25) is 0 Å². The zero-order valence-electron chi connectivity index (χ0n) is 19.5. The molecule has 3 heterocycles. The van der Waals surface area contributed by atoms with Crippen molar-refractivity contribution in [1.29, 1.82) is 0 Å². The van der Waals surface area contributed by atoms with E-state index >= 15 is 0 Å². The zero-order chi connectivity index (χ0) is 24.5. The fourth-order valence-electron chi connectivity index (χ4n) is 4.64. The molecule has 1 aromatic heterocycles. The third-order valence-electron chi connectivity index (χ3n) is 6.82. The first-order valence-electron chi connectivity index (χ1n) is 11.8.